The normalized spacial score (nSPS) is 15.6. The van der Waals surface area contributed by atoms with Crippen LogP contribution in [0.2, 0.25) is 39.3 Å². The Kier molecular flexibility index (Phi) is 6.14. The SMILES string of the molecule is CC(C#C[Si](C)(C)C)S(=O)(=O)C(C)C#C[Si](C)(C)C. The zero-order valence-corrected chi connectivity index (χ0v) is 16.2. The van der Waals surface area contributed by atoms with Crippen LogP contribution in [0.5, 0.6) is 0 Å². The van der Waals surface area contributed by atoms with E-state index in [2.05, 4.69) is 62.2 Å². The second-order valence-corrected chi connectivity index (χ2v) is 19.0. The van der Waals surface area contributed by atoms with Gasteiger partial charge in [-0.1, -0.05) is 51.1 Å². The highest BCUT2D eigenvalue weighted by Gasteiger charge is 2.26. The van der Waals surface area contributed by atoms with Crippen LogP contribution in [0, 0.1) is 22.9 Å². The van der Waals surface area contributed by atoms with Gasteiger partial charge in [-0.2, -0.15) is 0 Å². The number of hydrogen-bond acceptors (Lipinski definition) is 2. The molecule has 0 rings (SSSR count). The molecule has 0 radical (unpaired) electrons. The first-order chi connectivity index (χ1) is 8.26. The molecule has 0 saturated carbocycles. The Morgan fingerprint density at radius 3 is 1.21 bits per heavy atom. The van der Waals surface area contributed by atoms with Gasteiger partial charge in [-0.25, -0.2) is 8.42 Å². The van der Waals surface area contributed by atoms with Crippen molar-refractivity contribution in [1.29, 1.82) is 0 Å². The maximum absolute atomic E-state index is 12.3. The Morgan fingerprint density at radius 1 is 0.737 bits per heavy atom. The molecular formula is C14H26O2SSi2. The van der Waals surface area contributed by atoms with Gasteiger partial charge in [-0.15, -0.1) is 11.1 Å². The van der Waals surface area contributed by atoms with Crippen LogP contribution in [-0.2, 0) is 9.84 Å². The lowest BCUT2D eigenvalue weighted by molar-refractivity contribution is 0.588. The fourth-order valence-corrected chi connectivity index (χ4v) is 3.67. The van der Waals surface area contributed by atoms with E-state index in [1.807, 2.05) is 0 Å². The van der Waals surface area contributed by atoms with E-state index >= 15 is 0 Å². The molecule has 19 heavy (non-hydrogen) atoms. The van der Waals surface area contributed by atoms with Crippen molar-refractivity contribution in [3.8, 4) is 22.9 Å². The van der Waals surface area contributed by atoms with E-state index in [9.17, 15) is 8.42 Å². The molecule has 0 aromatic carbocycles. The summed E-state index contributed by atoms with van der Waals surface area (Å²) < 4.78 is 24.6. The molecule has 108 valence electrons. The van der Waals surface area contributed by atoms with Gasteiger partial charge in [-0.05, 0) is 13.8 Å². The van der Waals surface area contributed by atoms with Gasteiger partial charge in [0.05, 0.1) is 0 Å². The fourth-order valence-electron chi connectivity index (χ4n) is 1.11. The number of sulfone groups is 1. The van der Waals surface area contributed by atoms with Crippen molar-refractivity contribution < 1.29 is 8.42 Å². The van der Waals surface area contributed by atoms with Crippen molar-refractivity contribution in [3.05, 3.63) is 0 Å². The standard InChI is InChI=1S/C14H26O2SSi2/c1-13(9-11-18(3,4)5)17(15,16)14(2)10-12-19(6,7)8/h13-14H,1-8H3. The summed E-state index contributed by atoms with van der Waals surface area (Å²) in [5.74, 6) is 5.82. The van der Waals surface area contributed by atoms with Crippen LogP contribution >= 0.6 is 0 Å². The van der Waals surface area contributed by atoms with Crippen molar-refractivity contribution in [2.45, 2.75) is 63.6 Å². The molecule has 2 unspecified atom stereocenters. The van der Waals surface area contributed by atoms with Crippen molar-refractivity contribution >= 4 is 26.0 Å². The molecule has 0 bridgehead atoms. The molecular weight excluding hydrogens is 288 g/mol. The predicted molar refractivity (Wildman–Crippen MR) is 90.1 cm³/mol. The summed E-state index contributed by atoms with van der Waals surface area (Å²) in [6.45, 7) is 16.0. The second-order valence-electron chi connectivity index (χ2n) is 6.91. The van der Waals surface area contributed by atoms with Crippen LogP contribution in [0.15, 0.2) is 0 Å². The molecule has 0 aromatic rings. The van der Waals surface area contributed by atoms with E-state index in [1.165, 1.54) is 0 Å². The van der Waals surface area contributed by atoms with Gasteiger partial charge in [0.25, 0.3) is 0 Å². The van der Waals surface area contributed by atoms with Crippen LogP contribution in [0.1, 0.15) is 13.8 Å². The van der Waals surface area contributed by atoms with Gasteiger partial charge < -0.3 is 0 Å². The molecule has 0 aliphatic carbocycles. The maximum Gasteiger partial charge on any atom is 0.177 e. The zero-order chi connectivity index (χ0) is 15.5. The van der Waals surface area contributed by atoms with Gasteiger partial charge in [0, 0.05) is 0 Å². The largest absolute Gasteiger partial charge is 0.226 e. The fraction of sp³-hybridized carbons (Fsp3) is 0.714. The molecule has 0 spiro atoms. The van der Waals surface area contributed by atoms with E-state index in [0.717, 1.165) is 0 Å². The third-order valence-corrected chi connectivity index (χ3v) is 6.28. The predicted octanol–water partition coefficient (Wildman–Crippen LogP) is 2.94. The highest BCUT2D eigenvalue weighted by molar-refractivity contribution is 7.93. The summed E-state index contributed by atoms with van der Waals surface area (Å²) in [5.41, 5.74) is 6.25. The van der Waals surface area contributed by atoms with Crippen LogP contribution in [-0.4, -0.2) is 35.1 Å². The second kappa shape index (κ2) is 6.30. The Bertz CT molecular complexity index is 484. The third-order valence-electron chi connectivity index (χ3n) is 2.29. The highest BCUT2D eigenvalue weighted by atomic mass is 32.2. The maximum atomic E-state index is 12.3. The zero-order valence-electron chi connectivity index (χ0n) is 13.4. The Balaban J connectivity index is 5.16. The van der Waals surface area contributed by atoms with Crippen LogP contribution in [0.25, 0.3) is 0 Å². The van der Waals surface area contributed by atoms with Gasteiger partial charge in [0.2, 0.25) is 0 Å². The Hall–Kier alpha value is -0.496. The van der Waals surface area contributed by atoms with Crippen molar-refractivity contribution in [1.82, 2.24) is 0 Å². The minimum absolute atomic E-state index is 0.634. The summed E-state index contributed by atoms with van der Waals surface area (Å²) >= 11 is 0. The summed E-state index contributed by atoms with van der Waals surface area (Å²) in [6, 6.07) is 0. The van der Waals surface area contributed by atoms with Crippen molar-refractivity contribution in [2.75, 3.05) is 0 Å². The smallest absolute Gasteiger partial charge is 0.177 e. The van der Waals surface area contributed by atoms with Crippen LogP contribution < -0.4 is 0 Å². The molecule has 0 aliphatic heterocycles. The first-order valence-corrected chi connectivity index (χ1v) is 15.1. The van der Waals surface area contributed by atoms with Crippen molar-refractivity contribution in [2.24, 2.45) is 0 Å². The first kappa shape index (κ1) is 18.5. The topological polar surface area (TPSA) is 34.1 Å². The lowest BCUT2D eigenvalue weighted by Crippen LogP contribution is -2.28. The third kappa shape index (κ3) is 7.62. The lowest BCUT2D eigenvalue weighted by Gasteiger charge is -2.12. The van der Waals surface area contributed by atoms with Crippen LogP contribution in [0.4, 0.5) is 0 Å². The van der Waals surface area contributed by atoms with Gasteiger partial charge in [0.15, 0.2) is 9.84 Å². The molecule has 0 aliphatic rings. The minimum atomic E-state index is -3.29. The number of hydrogen-bond donors (Lipinski definition) is 0. The lowest BCUT2D eigenvalue weighted by atomic mass is 10.5. The first-order valence-electron chi connectivity index (χ1n) is 6.54. The van der Waals surface area contributed by atoms with Gasteiger partial charge in [0.1, 0.15) is 26.6 Å². The summed E-state index contributed by atoms with van der Waals surface area (Å²) in [6.07, 6.45) is 0. The molecule has 0 aromatic heterocycles. The van der Waals surface area contributed by atoms with E-state index in [1.54, 1.807) is 13.8 Å². The summed E-state index contributed by atoms with van der Waals surface area (Å²) in [4.78, 5) is 0. The molecule has 0 N–H and O–H groups in total. The monoisotopic (exact) mass is 314 g/mol. The molecule has 0 saturated heterocycles. The molecule has 5 heteroatoms. The molecule has 0 fully saturated rings. The molecule has 0 heterocycles. The Labute approximate surface area is 121 Å². The quantitative estimate of drug-likeness (QED) is 0.580. The molecule has 2 nitrogen and oxygen atoms in total. The average molecular weight is 315 g/mol. The average Bonchev–Trinajstić information content (AvgIpc) is 2.20. The minimum Gasteiger partial charge on any atom is -0.226 e. The summed E-state index contributed by atoms with van der Waals surface area (Å²) in [7, 11) is -6.36. The van der Waals surface area contributed by atoms with Gasteiger partial charge in [-0.3, -0.25) is 0 Å². The number of rotatable bonds is 2. The van der Waals surface area contributed by atoms with E-state index in [0.29, 0.717) is 0 Å². The van der Waals surface area contributed by atoms with Crippen molar-refractivity contribution in [3.63, 3.8) is 0 Å². The summed E-state index contributed by atoms with van der Waals surface area (Å²) in [5, 5.41) is -1.27. The Morgan fingerprint density at radius 2 is 1.00 bits per heavy atom. The highest BCUT2D eigenvalue weighted by Crippen LogP contribution is 2.10. The molecule has 2 atom stereocenters. The van der Waals surface area contributed by atoms with Crippen LogP contribution in [0.3, 0.4) is 0 Å². The van der Waals surface area contributed by atoms with E-state index < -0.39 is 36.5 Å². The van der Waals surface area contributed by atoms with E-state index in [-0.39, 0.29) is 0 Å². The molecule has 0 amide bonds. The van der Waals surface area contributed by atoms with Gasteiger partial charge >= 0.3 is 0 Å². The van der Waals surface area contributed by atoms with E-state index in [4.69, 9.17) is 0 Å².